The second-order valence-corrected chi connectivity index (χ2v) is 6.84. The minimum atomic E-state index is -3.36. The fourth-order valence-corrected chi connectivity index (χ4v) is 3.47. The summed E-state index contributed by atoms with van der Waals surface area (Å²) in [5.74, 6) is 0. The molecule has 1 rings (SSSR count). The number of rotatable bonds is 7. The van der Waals surface area contributed by atoms with Gasteiger partial charge in [0.2, 0.25) is 10.0 Å². The molecule has 0 fully saturated rings. The Labute approximate surface area is 116 Å². The highest BCUT2D eigenvalue weighted by Crippen LogP contribution is 2.18. The van der Waals surface area contributed by atoms with Gasteiger partial charge in [0.1, 0.15) is 4.90 Å². The largest absolute Gasteiger partial charge is 0.352 e. The zero-order chi connectivity index (χ0) is 14.6. The average molecular weight is 287 g/mol. The molecule has 0 bridgehead atoms. The van der Waals surface area contributed by atoms with E-state index in [0.717, 1.165) is 5.69 Å². The first kappa shape index (κ1) is 16.2. The highest BCUT2D eigenvalue weighted by Gasteiger charge is 2.23. The molecule has 1 heterocycles. The molecule has 1 aromatic rings. The van der Waals surface area contributed by atoms with E-state index in [2.05, 4.69) is 19.2 Å². The van der Waals surface area contributed by atoms with Crippen LogP contribution in [0, 0.1) is 0 Å². The van der Waals surface area contributed by atoms with E-state index in [4.69, 9.17) is 0 Å². The van der Waals surface area contributed by atoms with Crippen LogP contribution >= 0.6 is 0 Å². The maximum absolute atomic E-state index is 12.4. The first-order chi connectivity index (χ1) is 8.82. The van der Waals surface area contributed by atoms with E-state index in [-0.39, 0.29) is 0 Å². The first-order valence-electron chi connectivity index (χ1n) is 6.71. The van der Waals surface area contributed by atoms with Gasteiger partial charge >= 0.3 is 0 Å². The molecule has 0 aromatic carbocycles. The van der Waals surface area contributed by atoms with E-state index >= 15 is 0 Å². The molecule has 1 aromatic heterocycles. The molecular formula is C13H25N3O2S. The van der Waals surface area contributed by atoms with Gasteiger partial charge in [-0.15, -0.1) is 0 Å². The Kier molecular flexibility index (Phi) is 5.58. The molecule has 0 saturated heterocycles. The molecule has 110 valence electrons. The summed E-state index contributed by atoms with van der Waals surface area (Å²) in [4.78, 5) is 0.374. The Morgan fingerprint density at radius 2 is 1.89 bits per heavy atom. The Balaban J connectivity index is 3.00. The van der Waals surface area contributed by atoms with Crippen LogP contribution < -0.4 is 5.32 Å². The van der Waals surface area contributed by atoms with Crippen LogP contribution in [0.4, 0.5) is 0 Å². The maximum Gasteiger partial charge on any atom is 0.244 e. The van der Waals surface area contributed by atoms with Crippen LogP contribution in [0.15, 0.2) is 17.2 Å². The zero-order valence-electron chi connectivity index (χ0n) is 12.5. The van der Waals surface area contributed by atoms with Gasteiger partial charge in [0.25, 0.3) is 0 Å². The zero-order valence-corrected chi connectivity index (χ0v) is 13.3. The molecule has 0 amide bonds. The third-order valence-electron chi connectivity index (χ3n) is 3.12. The van der Waals surface area contributed by atoms with Crippen LogP contribution in [0.1, 0.15) is 33.4 Å². The van der Waals surface area contributed by atoms with Crippen LogP contribution in [-0.2, 0) is 23.6 Å². The van der Waals surface area contributed by atoms with Crippen molar-refractivity contribution in [3.8, 4) is 0 Å². The van der Waals surface area contributed by atoms with Gasteiger partial charge in [-0.1, -0.05) is 27.7 Å². The SMILES string of the molecule is CCN(CC)S(=O)(=O)c1cc(CNC(C)C)n(C)c1. The molecule has 0 aliphatic rings. The lowest BCUT2D eigenvalue weighted by Gasteiger charge is -2.17. The molecule has 1 N–H and O–H groups in total. The van der Waals surface area contributed by atoms with Crippen LogP contribution in [0.2, 0.25) is 0 Å². The second-order valence-electron chi connectivity index (χ2n) is 4.90. The van der Waals surface area contributed by atoms with Gasteiger partial charge in [-0.2, -0.15) is 4.31 Å². The molecular weight excluding hydrogens is 262 g/mol. The monoisotopic (exact) mass is 287 g/mol. The summed E-state index contributed by atoms with van der Waals surface area (Å²) in [5.41, 5.74) is 0.972. The highest BCUT2D eigenvalue weighted by molar-refractivity contribution is 7.89. The van der Waals surface area contributed by atoms with Crippen molar-refractivity contribution in [1.82, 2.24) is 14.2 Å². The first-order valence-corrected chi connectivity index (χ1v) is 8.15. The van der Waals surface area contributed by atoms with Crippen molar-refractivity contribution in [2.75, 3.05) is 13.1 Å². The van der Waals surface area contributed by atoms with Crippen molar-refractivity contribution in [1.29, 1.82) is 0 Å². The lowest BCUT2D eigenvalue weighted by molar-refractivity contribution is 0.445. The normalized spacial score (nSPS) is 12.6. The lowest BCUT2D eigenvalue weighted by Crippen LogP contribution is -2.30. The van der Waals surface area contributed by atoms with Crippen molar-refractivity contribution >= 4 is 10.0 Å². The molecule has 0 unspecified atom stereocenters. The highest BCUT2D eigenvalue weighted by atomic mass is 32.2. The summed E-state index contributed by atoms with van der Waals surface area (Å²) >= 11 is 0. The summed E-state index contributed by atoms with van der Waals surface area (Å²) in [7, 11) is -1.48. The molecule has 6 heteroatoms. The third-order valence-corrected chi connectivity index (χ3v) is 5.13. The minimum Gasteiger partial charge on any atom is -0.352 e. The fourth-order valence-electron chi connectivity index (χ4n) is 1.92. The molecule has 19 heavy (non-hydrogen) atoms. The summed E-state index contributed by atoms with van der Waals surface area (Å²) in [6.45, 7) is 9.49. The van der Waals surface area contributed by atoms with Gasteiger partial charge < -0.3 is 9.88 Å². The summed E-state index contributed by atoms with van der Waals surface area (Å²) in [6.07, 6.45) is 1.69. The molecule has 0 saturated carbocycles. The van der Waals surface area contributed by atoms with Crippen molar-refractivity contribution in [2.24, 2.45) is 7.05 Å². The van der Waals surface area contributed by atoms with Crippen molar-refractivity contribution in [3.63, 3.8) is 0 Å². The number of nitrogens with one attached hydrogen (secondary N) is 1. The Hall–Kier alpha value is -0.850. The number of aryl methyl sites for hydroxylation is 1. The second kappa shape index (κ2) is 6.54. The van der Waals surface area contributed by atoms with Crippen LogP contribution in [0.25, 0.3) is 0 Å². The molecule has 0 spiro atoms. The number of sulfonamides is 1. The van der Waals surface area contributed by atoms with Crippen molar-refractivity contribution < 1.29 is 8.42 Å². The van der Waals surface area contributed by atoms with Crippen molar-refractivity contribution in [3.05, 3.63) is 18.0 Å². The maximum atomic E-state index is 12.4. The van der Waals surface area contributed by atoms with Gasteiger partial charge in [0.05, 0.1) is 0 Å². The number of aromatic nitrogens is 1. The average Bonchev–Trinajstić information content (AvgIpc) is 2.70. The van der Waals surface area contributed by atoms with E-state index in [0.29, 0.717) is 30.6 Å². The standard InChI is InChI=1S/C13H25N3O2S/c1-6-16(7-2)19(17,18)13-8-12(15(5)10-13)9-14-11(3)4/h8,10-11,14H,6-7,9H2,1-5H3. The third kappa shape index (κ3) is 3.81. The van der Waals surface area contributed by atoms with E-state index in [1.165, 1.54) is 4.31 Å². The summed E-state index contributed by atoms with van der Waals surface area (Å²) in [6, 6.07) is 2.13. The molecule has 0 aliphatic carbocycles. The molecule has 0 atom stereocenters. The predicted octanol–water partition coefficient (Wildman–Crippen LogP) is 1.55. The molecule has 0 aliphatic heterocycles. The summed E-state index contributed by atoms with van der Waals surface area (Å²) < 4.78 is 28.1. The number of nitrogens with zero attached hydrogens (tertiary/aromatic N) is 2. The fraction of sp³-hybridized carbons (Fsp3) is 0.692. The molecule has 5 nitrogen and oxygen atoms in total. The Bertz CT molecular complexity index is 502. The smallest absolute Gasteiger partial charge is 0.244 e. The van der Waals surface area contributed by atoms with Crippen LogP contribution in [0.3, 0.4) is 0 Å². The topological polar surface area (TPSA) is 54.3 Å². The van der Waals surface area contributed by atoms with Gasteiger partial charge in [-0.25, -0.2) is 8.42 Å². The van der Waals surface area contributed by atoms with Gasteiger partial charge in [-0.05, 0) is 6.07 Å². The van der Waals surface area contributed by atoms with E-state index in [1.54, 1.807) is 12.3 Å². The van der Waals surface area contributed by atoms with E-state index < -0.39 is 10.0 Å². The lowest BCUT2D eigenvalue weighted by atomic mass is 10.3. The Morgan fingerprint density at radius 1 is 1.32 bits per heavy atom. The molecule has 0 radical (unpaired) electrons. The van der Waals surface area contributed by atoms with E-state index in [9.17, 15) is 8.42 Å². The van der Waals surface area contributed by atoms with Crippen LogP contribution in [-0.4, -0.2) is 36.4 Å². The van der Waals surface area contributed by atoms with Gasteiger partial charge in [0.15, 0.2) is 0 Å². The van der Waals surface area contributed by atoms with Crippen molar-refractivity contribution in [2.45, 2.75) is 45.2 Å². The quantitative estimate of drug-likeness (QED) is 0.828. The number of hydrogen-bond donors (Lipinski definition) is 1. The number of hydrogen-bond acceptors (Lipinski definition) is 3. The van der Waals surface area contributed by atoms with Gasteiger partial charge in [-0.3, -0.25) is 0 Å². The van der Waals surface area contributed by atoms with E-state index in [1.807, 2.05) is 25.5 Å². The Morgan fingerprint density at radius 3 is 2.37 bits per heavy atom. The van der Waals surface area contributed by atoms with Crippen LogP contribution in [0.5, 0.6) is 0 Å². The summed E-state index contributed by atoms with van der Waals surface area (Å²) in [5, 5.41) is 3.30. The predicted molar refractivity (Wildman–Crippen MR) is 77.5 cm³/mol. The minimum absolute atomic E-state index is 0.373. The van der Waals surface area contributed by atoms with Gasteiger partial charge in [0, 0.05) is 44.6 Å².